The summed E-state index contributed by atoms with van der Waals surface area (Å²) in [5, 5.41) is 0. The number of hydrogen-bond donors (Lipinski definition) is 0. The maximum Gasteiger partial charge on any atom is 0.274 e. The molecule has 2 aromatic rings. The molecule has 2 aliphatic rings. The number of aromatic nitrogens is 2. The number of pyridine rings is 1. The van der Waals surface area contributed by atoms with Crippen molar-refractivity contribution in [2.45, 2.75) is 52.0 Å². The fraction of sp³-hybridized carbons (Fsp3) is 0.680. The van der Waals surface area contributed by atoms with Crippen LogP contribution in [0.15, 0.2) is 18.3 Å². The van der Waals surface area contributed by atoms with E-state index in [-0.39, 0.29) is 5.91 Å². The molecule has 2 aromatic heterocycles. The van der Waals surface area contributed by atoms with Gasteiger partial charge in [0.15, 0.2) is 5.69 Å². The molecule has 0 spiro atoms. The molecule has 7 heteroatoms. The van der Waals surface area contributed by atoms with Crippen molar-refractivity contribution in [3.8, 4) is 0 Å². The van der Waals surface area contributed by atoms with Gasteiger partial charge in [-0.2, -0.15) is 0 Å². The van der Waals surface area contributed by atoms with Gasteiger partial charge in [0.1, 0.15) is 5.65 Å². The Morgan fingerprint density at radius 2 is 1.84 bits per heavy atom. The monoisotopic (exact) mass is 441 g/mol. The van der Waals surface area contributed by atoms with E-state index in [4.69, 9.17) is 9.72 Å². The van der Waals surface area contributed by atoms with E-state index in [0.717, 1.165) is 89.6 Å². The van der Waals surface area contributed by atoms with Crippen LogP contribution in [0.5, 0.6) is 0 Å². The summed E-state index contributed by atoms with van der Waals surface area (Å²) < 4.78 is 7.55. The van der Waals surface area contributed by atoms with Crippen molar-refractivity contribution in [1.29, 1.82) is 0 Å². The molecule has 0 N–H and O–H groups in total. The molecule has 7 nitrogen and oxygen atoms in total. The van der Waals surface area contributed by atoms with Crippen molar-refractivity contribution in [2.75, 3.05) is 59.5 Å². The number of rotatable bonds is 8. The molecule has 2 saturated heterocycles. The summed E-state index contributed by atoms with van der Waals surface area (Å²) in [4.78, 5) is 25.1. The van der Waals surface area contributed by atoms with E-state index in [2.05, 4.69) is 46.5 Å². The fourth-order valence-corrected chi connectivity index (χ4v) is 4.82. The van der Waals surface area contributed by atoms with E-state index < -0.39 is 0 Å². The Kier molecular flexibility index (Phi) is 8.16. The maximum absolute atomic E-state index is 13.5. The number of ether oxygens (including phenoxy) is 1. The van der Waals surface area contributed by atoms with Gasteiger partial charge in [0, 0.05) is 38.9 Å². The topological polar surface area (TPSA) is 53.3 Å². The molecule has 176 valence electrons. The van der Waals surface area contributed by atoms with Crippen LogP contribution < -0.4 is 0 Å². The Morgan fingerprint density at radius 3 is 2.59 bits per heavy atom. The molecule has 0 unspecified atom stereocenters. The Morgan fingerprint density at radius 1 is 1.09 bits per heavy atom. The van der Waals surface area contributed by atoms with Gasteiger partial charge in [-0.1, -0.05) is 12.8 Å². The molecule has 32 heavy (non-hydrogen) atoms. The molecular weight excluding hydrogens is 402 g/mol. The lowest BCUT2D eigenvalue weighted by Gasteiger charge is -2.26. The van der Waals surface area contributed by atoms with Crippen LogP contribution in [0.2, 0.25) is 0 Å². The lowest BCUT2D eigenvalue weighted by atomic mass is 10.2. The predicted molar refractivity (Wildman–Crippen MR) is 127 cm³/mol. The second-order valence-corrected chi connectivity index (χ2v) is 9.44. The van der Waals surface area contributed by atoms with Crippen LogP contribution in [0.3, 0.4) is 0 Å². The Labute approximate surface area is 192 Å². The van der Waals surface area contributed by atoms with Crippen LogP contribution in [0.4, 0.5) is 0 Å². The van der Waals surface area contributed by atoms with E-state index in [0.29, 0.717) is 5.69 Å². The first-order valence-electron chi connectivity index (χ1n) is 12.4. The Bertz CT molecular complexity index is 882. The molecule has 4 rings (SSSR count). The first-order valence-corrected chi connectivity index (χ1v) is 12.4. The summed E-state index contributed by atoms with van der Waals surface area (Å²) in [6.45, 7) is 10.5. The van der Waals surface area contributed by atoms with Crippen molar-refractivity contribution >= 4 is 11.6 Å². The number of fused-ring (bicyclic) bond motifs is 1. The number of aryl methyl sites for hydroxylation is 1. The van der Waals surface area contributed by atoms with E-state index >= 15 is 0 Å². The van der Waals surface area contributed by atoms with Crippen molar-refractivity contribution in [3.63, 3.8) is 0 Å². The van der Waals surface area contributed by atoms with Gasteiger partial charge in [0.25, 0.3) is 5.91 Å². The molecule has 1 amide bonds. The highest BCUT2D eigenvalue weighted by Crippen LogP contribution is 2.20. The summed E-state index contributed by atoms with van der Waals surface area (Å²) in [6, 6.07) is 4.17. The quantitative estimate of drug-likeness (QED) is 0.589. The van der Waals surface area contributed by atoms with Crippen LogP contribution in [-0.4, -0.2) is 89.5 Å². The van der Waals surface area contributed by atoms with Crippen LogP contribution in [0, 0.1) is 6.92 Å². The highest BCUT2D eigenvalue weighted by atomic mass is 16.5. The third kappa shape index (κ3) is 5.88. The largest absolute Gasteiger partial charge is 0.379 e. The highest BCUT2D eigenvalue weighted by molar-refractivity contribution is 5.94. The molecule has 0 bridgehead atoms. The molecule has 4 heterocycles. The number of morpholine rings is 1. The molecule has 2 fully saturated rings. The van der Waals surface area contributed by atoms with Crippen molar-refractivity contribution in [2.24, 2.45) is 0 Å². The lowest BCUT2D eigenvalue weighted by Crippen LogP contribution is -2.37. The summed E-state index contributed by atoms with van der Waals surface area (Å²) in [5.41, 5.74) is 3.70. The van der Waals surface area contributed by atoms with Gasteiger partial charge < -0.3 is 18.9 Å². The highest BCUT2D eigenvalue weighted by Gasteiger charge is 2.25. The minimum absolute atomic E-state index is 0.101. The number of hydrogen-bond acceptors (Lipinski definition) is 5. The fourth-order valence-electron chi connectivity index (χ4n) is 4.82. The van der Waals surface area contributed by atoms with Gasteiger partial charge in [0.05, 0.1) is 18.9 Å². The van der Waals surface area contributed by atoms with Gasteiger partial charge in [-0.3, -0.25) is 9.69 Å². The van der Waals surface area contributed by atoms with E-state index in [1.165, 1.54) is 24.8 Å². The Hall–Kier alpha value is -1.96. The summed E-state index contributed by atoms with van der Waals surface area (Å²) in [5.74, 6) is 0.101. The van der Waals surface area contributed by atoms with Crippen molar-refractivity contribution < 1.29 is 9.53 Å². The number of nitrogens with zero attached hydrogens (tertiary/aromatic N) is 5. The van der Waals surface area contributed by atoms with Crippen LogP contribution in [0.25, 0.3) is 5.65 Å². The zero-order chi connectivity index (χ0) is 22.3. The van der Waals surface area contributed by atoms with Crippen molar-refractivity contribution in [3.05, 3.63) is 35.3 Å². The van der Waals surface area contributed by atoms with E-state index in [9.17, 15) is 4.79 Å². The minimum atomic E-state index is 0.101. The molecule has 2 aliphatic heterocycles. The number of imidazole rings is 1. The number of unbranched alkanes of at least 4 members (excludes halogenated alkanes) is 1. The molecule has 0 atom stereocenters. The van der Waals surface area contributed by atoms with Gasteiger partial charge in [-0.25, -0.2) is 4.98 Å². The lowest BCUT2D eigenvalue weighted by molar-refractivity contribution is 0.0369. The minimum Gasteiger partial charge on any atom is -0.379 e. The van der Waals surface area contributed by atoms with Crippen LogP contribution >= 0.6 is 0 Å². The van der Waals surface area contributed by atoms with Crippen LogP contribution in [0.1, 0.15) is 60.3 Å². The standard InChI is InChI=1S/C25H39N5O2/c1-21-9-14-30-22(20-27(2)10-7-8-11-28-15-17-32-18-16-28)24(26-23(30)19-21)25(31)29-12-5-3-4-6-13-29/h9,14,19H,3-8,10-13,15-18,20H2,1-2H3. The zero-order valence-electron chi connectivity index (χ0n) is 19.9. The van der Waals surface area contributed by atoms with Crippen molar-refractivity contribution in [1.82, 2.24) is 24.1 Å². The third-order valence-corrected chi connectivity index (χ3v) is 6.76. The molecule has 0 aromatic carbocycles. The molecular formula is C25H39N5O2. The smallest absolute Gasteiger partial charge is 0.274 e. The predicted octanol–water partition coefficient (Wildman–Crippen LogP) is 3.20. The normalized spacial score (nSPS) is 18.4. The van der Waals surface area contributed by atoms with Gasteiger partial charge in [-0.05, 0) is 70.4 Å². The van der Waals surface area contributed by atoms with E-state index in [1.807, 2.05) is 4.90 Å². The average Bonchev–Trinajstić information content (AvgIpc) is 2.96. The second-order valence-electron chi connectivity index (χ2n) is 9.44. The van der Waals surface area contributed by atoms with Crippen LogP contribution in [-0.2, 0) is 11.3 Å². The molecule has 0 radical (unpaired) electrons. The van der Waals surface area contributed by atoms with Gasteiger partial charge in [-0.15, -0.1) is 0 Å². The van der Waals surface area contributed by atoms with Gasteiger partial charge >= 0.3 is 0 Å². The number of carbonyl (C=O) groups excluding carboxylic acids is 1. The Balaban J connectivity index is 1.42. The second kappa shape index (κ2) is 11.3. The van der Waals surface area contributed by atoms with Gasteiger partial charge in [0.2, 0.25) is 0 Å². The first kappa shape index (κ1) is 23.2. The summed E-state index contributed by atoms with van der Waals surface area (Å²) in [7, 11) is 2.16. The molecule has 0 aliphatic carbocycles. The first-order chi connectivity index (χ1) is 15.6. The van der Waals surface area contributed by atoms with E-state index in [1.54, 1.807) is 0 Å². The summed E-state index contributed by atoms with van der Waals surface area (Å²) >= 11 is 0. The molecule has 0 saturated carbocycles. The maximum atomic E-state index is 13.5. The third-order valence-electron chi connectivity index (χ3n) is 6.76. The summed E-state index contributed by atoms with van der Waals surface area (Å²) in [6.07, 6.45) is 9.03. The zero-order valence-corrected chi connectivity index (χ0v) is 19.9. The number of carbonyl (C=O) groups is 1. The number of likely N-dealkylation sites (tertiary alicyclic amines) is 1. The SMILES string of the molecule is Cc1ccn2c(CN(C)CCCCN3CCOCC3)c(C(=O)N3CCCCCC3)nc2c1. The number of amides is 1. The average molecular weight is 442 g/mol.